The zero-order valence-electron chi connectivity index (χ0n) is 14.1. The molecule has 0 spiro atoms. The van der Waals surface area contributed by atoms with Gasteiger partial charge >= 0.3 is 0 Å². The van der Waals surface area contributed by atoms with Crippen molar-refractivity contribution in [2.24, 2.45) is 5.41 Å². The summed E-state index contributed by atoms with van der Waals surface area (Å²) in [7, 11) is 0. The minimum absolute atomic E-state index is 0.0545. The maximum atomic E-state index is 12.6. The van der Waals surface area contributed by atoms with Crippen molar-refractivity contribution in [1.29, 1.82) is 0 Å². The monoisotopic (exact) mass is 300 g/mol. The number of carbonyl (C=O) groups is 1. The van der Waals surface area contributed by atoms with Crippen LogP contribution >= 0.6 is 0 Å². The van der Waals surface area contributed by atoms with Gasteiger partial charge in [0, 0.05) is 37.3 Å². The van der Waals surface area contributed by atoms with Crippen LogP contribution in [-0.2, 0) is 4.79 Å². The largest absolute Gasteiger partial charge is 0.368 e. The van der Waals surface area contributed by atoms with Gasteiger partial charge in [0.2, 0.25) is 5.91 Å². The Hall–Kier alpha value is -1.51. The van der Waals surface area contributed by atoms with Crippen molar-refractivity contribution < 1.29 is 4.79 Å². The van der Waals surface area contributed by atoms with Crippen LogP contribution in [-0.4, -0.2) is 37.0 Å². The summed E-state index contributed by atoms with van der Waals surface area (Å²) in [5, 5.41) is 0. The lowest BCUT2D eigenvalue weighted by Crippen LogP contribution is -2.54. The molecule has 1 saturated heterocycles. The molecule has 1 aliphatic carbocycles. The highest BCUT2D eigenvalue weighted by molar-refractivity contribution is 5.83. The first kappa shape index (κ1) is 15.4. The molecule has 2 aliphatic rings. The van der Waals surface area contributed by atoms with Crippen molar-refractivity contribution in [3.05, 3.63) is 29.8 Å². The predicted octanol–water partition coefficient (Wildman–Crippen LogP) is 3.65. The molecule has 1 aliphatic heterocycles. The molecule has 1 heterocycles. The van der Waals surface area contributed by atoms with E-state index in [9.17, 15) is 4.79 Å². The number of carbonyl (C=O) groups excluding carboxylic acids is 1. The summed E-state index contributed by atoms with van der Waals surface area (Å²) in [5.74, 6) is 0.959. The Kier molecular flexibility index (Phi) is 4.16. The summed E-state index contributed by atoms with van der Waals surface area (Å²) in [6.45, 7) is 10.2. The maximum Gasteiger partial charge on any atom is 0.228 e. The molecule has 0 N–H and O–H groups in total. The van der Waals surface area contributed by atoms with Gasteiger partial charge in [0.25, 0.3) is 0 Å². The summed E-state index contributed by atoms with van der Waals surface area (Å²) < 4.78 is 0. The first-order valence-electron chi connectivity index (χ1n) is 8.64. The third-order valence-corrected chi connectivity index (χ3v) is 5.47. The molecule has 0 radical (unpaired) electrons. The molecule has 0 aromatic heterocycles. The van der Waals surface area contributed by atoms with E-state index in [0.29, 0.717) is 11.8 Å². The number of nitrogens with zero attached hydrogens (tertiary/aromatic N) is 2. The van der Waals surface area contributed by atoms with E-state index in [-0.39, 0.29) is 5.41 Å². The second-order valence-corrected chi connectivity index (χ2v) is 7.44. The molecule has 120 valence electrons. The zero-order chi connectivity index (χ0) is 15.7. The van der Waals surface area contributed by atoms with Gasteiger partial charge in [-0.3, -0.25) is 4.79 Å². The van der Waals surface area contributed by atoms with Crippen LogP contribution in [0, 0.1) is 5.41 Å². The molecule has 0 bridgehead atoms. The minimum atomic E-state index is -0.0545. The molecule has 1 aromatic rings. The van der Waals surface area contributed by atoms with Crippen molar-refractivity contribution in [3.8, 4) is 0 Å². The summed E-state index contributed by atoms with van der Waals surface area (Å²) in [4.78, 5) is 17.1. The van der Waals surface area contributed by atoms with Crippen LogP contribution in [0.15, 0.2) is 24.3 Å². The van der Waals surface area contributed by atoms with E-state index in [1.807, 2.05) is 0 Å². The molecule has 1 aromatic carbocycles. The quantitative estimate of drug-likeness (QED) is 0.850. The van der Waals surface area contributed by atoms with Gasteiger partial charge in [0.1, 0.15) is 0 Å². The van der Waals surface area contributed by atoms with Crippen LogP contribution in [0.2, 0.25) is 0 Å². The molecular weight excluding hydrogens is 272 g/mol. The van der Waals surface area contributed by atoms with E-state index in [1.54, 1.807) is 0 Å². The van der Waals surface area contributed by atoms with Crippen LogP contribution in [0.3, 0.4) is 0 Å². The summed E-state index contributed by atoms with van der Waals surface area (Å²) in [5.41, 5.74) is 2.61. The van der Waals surface area contributed by atoms with Gasteiger partial charge in [-0.25, -0.2) is 0 Å². The average Bonchev–Trinajstić information content (AvgIpc) is 2.52. The first-order chi connectivity index (χ1) is 10.5. The van der Waals surface area contributed by atoms with Crippen molar-refractivity contribution in [2.45, 2.75) is 46.0 Å². The normalized spacial score (nSPS) is 20.9. The van der Waals surface area contributed by atoms with Gasteiger partial charge in [-0.05, 0) is 36.5 Å². The predicted molar refractivity (Wildman–Crippen MR) is 91.3 cm³/mol. The second kappa shape index (κ2) is 5.94. The maximum absolute atomic E-state index is 12.6. The topological polar surface area (TPSA) is 23.6 Å². The standard InChI is InChI=1S/C19H28N2O/c1-15(2)16-5-7-17(8-6-16)20-11-13-21(14-12-20)18(22)19(3)9-4-10-19/h5-8,15H,4,9-14H2,1-3H3. The average molecular weight is 300 g/mol. The number of anilines is 1. The highest BCUT2D eigenvalue weighted by Gasteiger charge is 2.42. The fraction of sp³-hybridized carbons (Fsp3) is 0.632. The van der Waals surface area contributed by atoms with Gasteiger partial charge in [-0.2, -0.15) is 0 Å². The molecule has 3 nitrogen and oxygen atoms in total. The lowest BCUT2D eigenvalue weighted by molar-refractivity contribution is -0.146. The number of amides is 1. The minimum Gasteiger partial charge on any atom is -0.368 e. The number of benzene rings is 1. The van der Waals surface area contributed by atoms with Gasteiger partial charge < -0.3 is 9.80 Å². The van der Waals surface area contributed by atoms with Crippen LogP contribution in [0.4, 0.5) is 5.69 Å². The Morgan fingerprint density at radius 3 is 2.09 bits per heavy atom. The van der Waals surface area contributed by atoms with E-state index in [0.717, 1.165) is 39.0 Å². The molecule has 1 saturated carbocycles. The van der Waals surface area contributed by atoms with E-state index in [2.05, 4.69) is 54.8 Å². The van der Waals surface area contributed by atoms with Crippen LogP contribution in [0.5, 0.6) is 0 Å². The fourth-order valence-corrected chi connectivity index (χ4v) is 3.54. The summed E-state index contributed by atoms with van der Waals surface area (Å²) >= 11 is 0. The highest BCUT2D eigenvalue weighted by Crippen LogP contribution is 2.42. The fourth-order valence-electron chi connectivity index (χ4n) is 3.54. The molecule has 0 unspecified atom stereocenters. The Morgan fingerprint density at radius 2 is 1.64 bits per heavy atom. The highest BCUT2D eigenvalue weighted by atomic mass is 16.2. The first-order valence-corrected chi connectivity index (χ1v) is 8.64. The van der Waals surface area contributed by atoms with Gasteiger partial charge in [0.05, 0.1) is 0 Å². The molecule has 22 heavy (non-hydrogen) atoms. The zero-order valence-corrected chi connectivity index (χ0v) is 14.1. The van der Waals surface area contributed by atoms with E-state index < -0.39 is 0 Å². The number of rotatable bonds is 3. The lowest BCUT2D eigenvalue weighted by Gasteiger charge is -2.44. The molecular formula is C19H28N2O. The van der Waals surface area contributed by atoms with E-state index in [1.165, 1.54) is 17.7 Å². The summed E-state index contributed by atoms with van der Waals surface area (Å²) in [6, 6.07) is 8.90. The van der Waals surface area contributed by atoms with E-state index in [4.69, 9.17) is 0 Å². The Balaban J connectivity index is 1.58. The summed E-state index contributed by atoms with van der Waals surface area (Å²) in [6.07, 6.45) is 3.36. The number of hydrogen-bond donors (Lipinski definition) is 0. The van der Waals surface area contributed by atoms with Crippen molar-refractivity contribution in [1.82, 2.24) is 4.90 Å². The van der Waals surface area contributed by atoms with Gasteiger partial charge in [-0.15, -0.1) is 0 Å². The SMILES string of the molecule is CC(C)c1ccc(N2CCN(C(=O)C3(C)CCC3)CC2)cc1. The third kappa shape index (κ3) is 2.86. The van der Waals surface area contributed by atoms with Crippen LogP contribution in [0.25, 0.3) is 0 Å². The molecule has 0 atom stereocenters. The molecule has 3 heteroatoms. The third-order valence-electron chi connectivity index (χ3n) is 5.47. The number of piperazine rings is 1. The van der Waals surface area contributed by atoms with Crippen molar-refractivity contribution in [2.75, 3.05) is 31.1 Å². The second-order valence-electron chi connectivity index (χ2n) is 7.44. The van der Waals surface area contributed by atoms with Crippen molar-refractivity contribution >= 4 is 11.6 Å². The Morgan fingerprint density at radius 1 is 1.05 bits per heavy atom. The lowest BCUT2D eigenvalue weighted by atomic mass is 9.69. The Labute approximate surface area is 134 Å². The molecule has 1 amide bonds. The molecule has 3 rings (SSSR count). The van der Waals surface area contributed by atoms with E-state index >= 15 is 0 Å². The van der Waals surface area contributed by atoms with Crippen LogP contribution in [0.1, 0.15) is 51.5 Å². The Bertz CT molecular complexity index is 523. The molecule has 2 fully saturated rings. The van der Waals surface area contributed by atoms with Crippen molar-refractivity contribution in [3.63, 3.8) is 0 Å². The van der Waals surface area contributed by atoms with Crippen LogP contribution < -0.4 is 4.90 Å². The smallest absolute Gasteiger partial charge is 0.228 e. The number of hydrogen-bond acceptors (Lipinski definition) is 2. The van der Waals surface area contributed by atoms with Gasteiger partial charge in [0.15, 0.2) is 0 Å². The van der Waals surface area contributed by atoms with Gasteiger partial charge in [-0.1, -0.05) is 39.3 Å².